The van der Waals surface area contributed by atoms with Gasteiger partial charge in [-0.1, -0.05) is 24.6 Å². The number of esters is 1. The quantitative estimate of drug-likeness (QED) is 0.481. The van der Waals surface area contributed by atoms with Gasteiger partial charge in [-0.15, -0.1) is 0 Å². The van der Waals surface area contributed by atoms with Gasteiger partial charge in [0.1, 0.15) is 17.5 Å². The van der Waals surface area contributed by atoms with Crippen LogP contribution in [0.4, 0.5) is 0 Å². The number of rotatable bonds is 9. The lowest BCUT2D eigenvalue weighted by Crippen LogP contribution is -2.43. The van der Waals surface area contributed by atoms with Crippen LogP contribution in [-0.2, 0) is 19.1 Å². The molecule has 154 valence electrons. The van der Waals surface area contributed by atoms with Crippen molar-refractivity contribution in [2.45, 2.75) is 84.8 Å². The highest BCUT2D eigenvalue weighted by atomic mass is 16.6. The third-order valence-corrected chi connectivity index (χ3v) is 5.26. The number of ether oxygens (including phenoxy) is 2. The third kappa shape index (κ3) is 8.39. The van der Waals surface area contributed by atoms with Gasteiger partial charge in [-0.05, 0) is 58.4 Å². The summed E-state index contributed by atoms with van der Waals surface area (Å²) in [5, 5.41) is 9.13. The van der Waals surface area contributed by atoms with E-state index in [0.29, 0.717) is 19.4 Å². The molecule has 0 radical (unpaired) electrons. The Morgan fingerprint density at radius 1 is 1.37 bits per heavy atom. The number of carbonyl (C=O) groups is 2. The number of hydrogen-bond donors (Lipinski definition) is 1. The van der Waals surface area contributed by atoms with E-state index in [0.717, 1.165) is 36.8 Å². The molecule has 2 unspecified atom stereocenters. The average molecular weight is 381 g/mol. The van der Waals surface area contributed by atoms with Crippen molar-refractivity contribution in [3.8, 4) is 0 Å². The van der Waals surface area contributed by atoms with Gasteiger partial charge in [-0.3, -0.25) is 9.59 Å². The van der Waals surface area contributed by atoms with Crippen LogP contribution in [0.2, 0.25) is 0 Å². The Bertz CT molecular complexity index is 559. The molecule has 0 bridgehead atoms. The molecule has 1 aliphatic rings. The fraction of sp³-hybridized carbons (Fsp3) is 0.727. The van der Waals surface area contributed by atoms with E-state index in [1.54, 1.807) is 6.08 Å². The maximum absolute atomic E-state index is 12.2. The molecule has 1 saturated heterocycles. The largest absolute Gasteiger partial charge is 0.459 e. The minimum atomic E-state index is -0.584. The van der Waals surface area contributed by atoms with Crippen LogP contribution in [0.3, 0.4) is 0 Å². The number of carbonyl (C=O) groups excluding carboxylic acids is 2. The first-order valence-electron chi connectivity index (χ1n) is 9.94. The van der Waals surface area contributed by atoms with Crippen molar-refractivity contribution in [3.63, 3.8) is 0 Å². The number of aliphatic hydroxyl groups is 1. The molecule has 0 aromatic heterocycles. The summed E-state index contributed by atoms with van der Waals surface area (Å²) in [6.45, 7) is 9.79. The summed E-state index contributed by atoms with van der Waals surface area (Å²) >= 11 is 0. The molecule has 1 fully saturated rings. The smallest absolute Gasteiger partial charge is 0.303 e. The van der Waals surface area contributed by atoms with Crippen molar-refractivity contribution in [2.75, 3.05) is 13.2 Å². The zero-order valence-electron chi connectivity index (χ0n) is 17.5. The van der Waals surface area contributed by atoms with Gasteiger partial charge < -0.3 is 14.6 Å². The average Bonchev–Trinajstić information content (AvgIpc) is 2.73. The highest BCUT2D eigenvalue weighted by Gasteiger charge is 2.39. The zero-order chi connectivity index (χ0) is 20.4. The Morgan fingerprint density at radius 2 is 2.07 bits per heavy atom. The van der Waals surface area contributed by atoms with Crippen LogP contribution in [-0.4, -0.2) is 41.8 Å². The van der Waals surface area contributed by atoms with Gasteiger partial charge >= 0.3 is 5.97 Å². The van der Waals surface area contributed by atoms with Crippen molar-refractivity contribution in [1.29, 1.82) is 0 Å². The van der Waals surface area contributed by atoms with Crippen LogP contribution in [0.15, 0.2) is 23.3 Å². The van der Waals surface area contributed by atoms with E-state index in [1.807, 2.05) is 33.8 Å². The lowest BCUT2D eigenvalue weighted by molar-refractivity contribution is -0.167. The number of Topliss-reactive ketones (excluding diaryl/α,β-unsaturated/α-hetero) is 1. The number of ketones is 1. The second-order valence-corrected chi connectivity index (χ2v) is 8.03. The Labute approximate surface area is 163 Å². The summed E-state index contributed by atoms with van der Waals surface area (Å²) < 4.78 is 11.7. The van der Waals surface area contributed by atoms with Gasteiger partial charge in [-0.25, -0.2) is 0 Å². The number of allylic oxidation sites excluding steroid dienone is 2. The molecule has 1 N–H and O–H groups in total. The SMILES string of the molecule is CC(=O)O[C@@H]1CCC(=CCO)COC1(C)CCCC(C)C(=O)CC=C(C)C. The molecule has 1 rings (SSSR count). The van der Waals surface area contributed by atoms with Crippen LogP contribution in [0.25, 0.3) is 0 Å². The van der Waals surface area contributed by atoms with Crippen molar-refractivity contribution in [3.05, 3.63) is 23.3 Å². The minimum Gasteiger partial charge on any atom is -0.459 e. The van der Waals surface area contributed by atoms with E-state index >= 15 is 0 Å². The van der Waals surface area contributed by atoms with Crippen molar-refractivity contribution < 1.29 is 24.2 Å². The monoisotopic (exact) mass is 380 g/mol. The summed E-state index contributed by atoms with van der Waals surface area (Å²) in [5.74, 6) is -0.0467. The van der Waals surface area contributed by atoms with Crippen LogP contribution >= 0.6 is 0 Å². The molecule has 0 spiro atoms. The first-order chi connectivity index (χ1) is 12.7. The van der Waals surface area contributed by atoms with E-state index in [-0.39, 0.29) is 30.4 Å². The fourth-order valence-corrected chi connectivity index (χ4v) is 3.38. The van der Waals surface area contributed by atoms with Crippen LogP contribution in [0.1, 0.15) is 73.1 Å². The third-order valence-electron chi connectivity index (χ3n) is 5.26. The second kappa shape index (κ2) is 11.4. The Morgan fingerprint density at radius 3 is 2.67 bits per heavy atom. The molecular formula is C22H36O5. The predicted molar refractivity (Wildman–Crippen MR) is 106 cm³/mol. The molecule has 3 atom stereocenters. The lowest BCUT2D eigenvalue weighted by atomic mass is 9.87. The van der Waals surface area contributed by atoms with E-state index in [2.05, 4.69) is 0 Å². The topological polar surface area (TPSA) is 72.8 Å². The molecule has 0 saturated carbocycles. The number of aliphatic hydroxyl groups excluding tert-OH is 1. The summed E-state index contributed by atoms with van der Waals surface area (Å²) in [5.41, 5.74) is 1.61. The first-order valence-corrected chi connectivity index (χ1v) is 9.94. The van der Waals surface area contributed by atoms with Gasteiger partial charge in [0.15, 0.2) is 0 Å². The predicted octanol–water partition coefficient (Wildman–Crippen LogP) is 4.14. The van der Waals surface area contributed by atoms with E-state index in [4.69, 9.17) is 14.6 Å². The van der Waals surface area contributed by atoms with Gasteiger partial charge in [0, 0.05) is 19.3 Å². The Hall–Kier alpha value is -1.46. The highest BCUT2D eigenvalue weighted by molar-refractivity contribution is 5.82. The van der Waals surface area contributed by atoms with E-state index < -0.39 is 5.60 Å². The Balaban J connectivity index is 2.68. The molecular weight excluding hydrogens is 344 g/mol. The lowest BCUT2D eigenvalue weighted by Gasteiger charge is -2.35. The summed E-state index contributed by atoms with van der Waals surface area (Å²) in [6, 6.07) is 0. The molecule has 0 aliphatic carbocycles. The second-order valence-electron chi connectivity index (χ2n) is 8.03. The normalized spacial score (nSPS) is 25.6. The standard InChI is InChI=1S/C22H36O5/c1-16(2)8-10-20(25)17(3)7-6-13-22(5)21(27-18(4)24)11-9-19(12-14-23)15-26-22/h8,12,17,21,23H,6-7,9-11,13-15H2,1-5H3/t17?,21-,22?/m1/s1. The molecule has 27 heavy (non-hydrogen) atoms. The van der Waals surface area contributed by atoms with Gasteiger partial charge in [0.05, 0.1) is 13.2 Å². The van der Waals surface area contributed by atoms with Crippen molar-refractivity contribution in [1.82, 2.24) is 0 Å². The Kier molecular flexibility index (Phi) is 9.95. The summed E-state index contributed by atoms with van der Waals surface area (Å²) in [7, 11) is 0. The number of hydrogen-bond acceptors (Lipinski definition) is 5. The van der Waals surface area contributed by atoms with Crippen LogP contribution in [0, 0.1) is 5.92 Å². The van der Waals surface area contributed by atoms with Gasteiger partial charge in [0.25, 0.3) is 0 Å². The maximum Gasteiger partial charge on any atom is 0.303 e. The van der Waals surface area contributed by atoms with Crippen LogP contribution < -0.4 is 0 Å². The summed E-state index contributed by atoms with van der Waals surface area (Å²) in [4.78, 5) is 23.7. The summed E-state index contributed by atoms with van der Waals surface area (Å²) in [6.07, 6.45) is 7.66. The van der Waals surface area contributed by atoms with Gasteiger partial charge in [-0.2, -0.15) is 0 Å². The van der Waals surface area contributed by atoms with Gasteiger partial charge in [0.2, 0.25) is 0 Å². The highest BCUT2D eigenvalue weighted by Crippen LogP contribution is 2.34. The van der Waals surface area contributed by atoms with E-state index in [9.17, 15) is 9.59 Å². The zero-order valence-corrected chi connectivity index (χ0v) is 17.5. The maximum atomic E-state index is 12.2. The molecule has 0 aromatic carbocycles. The molecule has 0 amide bonds. The van der Waals surface area contributed by atoms with E-state index in [1.165, 1.54) is 6.92 Å². The molecule has 5 nitrogen and oxygen atoms in total. The molecule has 1 heterocycles. The van der Waals surface area contributed by atoms with Crippen LogP contribution in [0.5, 0.6) is 0 Å². The molecule has 0 aromatic rings. The van der Waals surface area contributed by atoms with Crippen molar-refractivity contribution >= 4 is 11.8 Å². The van der Waals surface area contributed by atoms with Crippen molar-refractivity contribution in [2.24, 2.45) is 5.92 Å². The fourth-order valence-electron chi connectivity index (χ4n) is 3.38. The minimum absolute atomic E-state index is 0.00648. The molecule has 1 aliphatic heterocycles. The first kappa shape index (κ1) is 23.6. The molecule has 5 heteroatoms.